The highest BCUT2D eigenvalue weighted by Gasteiger charge is 2.37. The van der Waals surface area contributed by atoms with Gasteiger partial charge in [0.2, 0.25) is 11.8 Å². The Kier molecular flexibility index (Phi) is 7.20. The fraction of sp³-hybridized carbons (Fsp3) is 0.440. The van der Waals surface area contributed by atoms with Gasteiger partial charge < -0.3 is 18.8 Å². The van der Waals surface area contributed by atoms with Crippen molar-refractivity contribution < 1.29 is 13.9 Å². The largest absolute Gasteiger partial charge is 0.494 e. The first-order chi connectivity index (χ1) is 15.2. The average molecular weight is 422 g/mol. The van der Waals surface area contributed by atoms with Crippen LogP contribution < -0.4 is 9.47 Å². The lowest BCUT2D eigenvalue weighted by molar-refractivity contribution is 0.281. The Morgan fingerprint density at radius 3 is 2.42 bits per heavy atom. The van der Waals surface area contributed by atoms with Crippen LogP contribution >= 0.6 is 0 Å². The predicted molar refractivity (Wildman–Crippen MR) is 120 cm³/mol. The molecule has 1 fully saturated rings. The molecular weight excluding hydrogens is 390 g/mol. The Balaban J connectivity index is 1.19. The molecule has 1 aliphatic carbocycles. The molecule has 2 aromatic carbocycles. The van der Waals surface area contributed by atoms with Crippen molar-refractivity contribution in [1.29, 1.82) is 0 Å². The fourth-order valence-corrected chi connectivity index (χ4v) is 3.70. The second-order valence-electron chi connectivity index (χ2n) is 8.44. The summed E-state index contributed by atoms with van der Waals surface area (Å²) in [5, 5.41) is 8.48. The molecule has 2 atom stereocenters. The molecule has 6 heteroatoms. The topological polar surface area (TPSA) is 60.6 Å². The van der Waals surface area contributed by atoms with Gasteiger partial charge in [-0.3, -0.25) is 0 Å². The molecule has 0 radical (unpaired) electrons. The van der Waals surface area contributed by atoms with Gasteiger partial charge >= 0.3 is 0 Å². The Hall–Kier alpha value is -2.86. The van der Waals surface area contributed by atoms with Gasteiger partial charge in [0, 0.05) is 18.5 Å². The maximum absolute atomic E-state index is 5.91. The number of hydrogen-bond acceptors (Lipinski definition) is 6. The zero-order chi connectivity index (χ0) is 21.5. The lowest BCUT2D eigenvalue weighted by Crippen LogP contribution is -2.15. The lowest BCUT2D eigenvalue weighted by atomic mass is 10.2. The van der Waals surface area contributed by atoms with Crippen molar-refractivity contribution in [2.24, 2.45) is 11.8 Å². The molecule has 2 unspecified atom stereocenters. The number of para-hydroxylation sites is 1. The SMILES string of the molecule is CN(C)CCCOc1ccc(-c2nnc(CC3CC3CCOc3ccccc3)o2)cc1. The number of rotatable bonds is 12. The maximum Gasteiger partial charge on any atom is 0.247 e. The molecule has 0 aliphatic heterocycles. The molecule has 1 heterocycles. The van der Waals surface area contributed by atoms with Gasteiger partial charge in [0.05, 0.1) is 13.2 Å². The third kappa shape index (κ3) is 6.56. The zero-order valence-electron chi connectivity index (χ0n) is 18.4. The molecule has 31 heavy (non-hydrogen) atoms. The van der Waals surface area contributed by atoms with E-state index >= 15 is 0 Å². The minimum absolute atomic E-state index is 0.568. The Morgan fingerprint density at radius 1 is 0.903 bits per heavy atom. The van der Waals surface area contributed by atoms with Crippen LogP contribution in [0.1, 0.15) is 25.2 Å². The predicted octanol–water partition coefficient (Wildman–Crippen LogP) is 4.71. The standard InChI is InChI=1S/C25H31N3O3/c1-28(2)14-6-15-29-23-11-9-19(10-12-23)25-27-26-24(31-25)18-21-17-20(21)13-16-30-22-7-4-3-5-8-22/h3-5,7-12,20-21H,6,13-18H2,1-2H3. The first-order valence-electron chi connectivity index (χ1n) is 11.1. The van der Waals surface area contributed by atoms with Gasteiger partial charge in [-0.25, -0.2) is 0 Å². The Labute approximate surface area is 184 Å². The van der Waals surface area contributed by atoms with Crippen LogP contribution in [0.5, 0.6) is 11.5 Å². The first-order valence-corrected chi connectivity index (χ1v) is 11.1. The van der Waals surface area contributed by atoms with Crippen LogP contribution in [0.25, 0.3) is 11.5 Å². The van der Waals surface area contributed by atoms with E-state index in [4.69, 9.17) is 13.9 Å². The second kappa shape index (κ2) is 10.4. The highest BCUT2D eigenvalue weighted by atomic mass is 16.5. The van der Waals surface area contributed by atoms with E-state index in [2.05, 4.69) is 29.2 Å². The maximum atomic E-state index is 5.91. The normalized spacial score (nSPS) is 17.6. The third-order valence-electron chi connectivity index (χ3n) is 5.59. The lowest BCUT2D eigenvalue weighted by Gasteiger charge is -2.10. The summed E-state index contributed by atoms with van der Waals surface area (Å²) in [5.74, 6) is 4.38. The van der Waals surface area contributed by atoms with Crippen LogP contribution in [0.3, 0.4) is 0 Å². The minimum atomic E-state index is 0.568. The van der Waals surface area contributed by atoms with Gasteiger partial charge in [-0.05, 0) is 81.6 Å². The molecular formula is C25H31N3O3. The summed E-state index contributed by atoms with van der Waals surface area (Å²) >= 11 is 0. The van der Waals surface area contributed by atoms with Crippen molar-refractivity contribution in [3.8, 4) is 23.0 Å². The van der Waals surface area contributed by atoms with E-state index in [1.165, 1.54) is 6.42 Å². The summed E-state index contributed by atoms with van der Waals surface area (Å²) in [5.41, 5.74) is 0.919. The van der Waals surface area contributed by atoms with E-state index < -0.39 is 0 Å². The zero-order valence-corrected chi connectivity index (χ0v) is 18.4. The van der Waals surface area contributed by atoms with Gasteiger partial charge in [0.1, 0.15) is 11.5 Å². The number of ether oxygens (including phenoxy) is 2. The quantitative estimate of drug-likeness (QED) is 0.395. The molecule has 0 saturated heterocycles. The van der Waals surface area contributed by atoms with E-state index in [1.54, 1.807) is 0 Å². The molecule has 0 spiro atoms. The summed E-state index contributed by atoms with van der Waals surface area (Å²) in [7, 11) is 4.13. The minimum Gasteiger partial charge on any atom is -0.494 e. The van der Waals surface area contributed by atoms with Crippen molar-refractivity contribution in [3.05, 3.63) is 60.5 Å². The average Bonchev–Trinajstić information content (AvgIpc) is 3.34. The molecule has 3 aromatic rings. The molecule has 1 aliphatic rings. The van der Waals surface area contributed by atoms with Gasteiger partial charge in [0.15, 0.2) is 0 Å². The molecule has 4 rings (SSSR count). The van der Waals surface area contributed by atoms with Crippen molar-refractivity contribution in [2.75, 3.05) is 33.9 Å². The fourth-order valence-electron chi connectivity index (χ4n) is 3.70. The van der Waals surface area contributed by atoms with Crippen LogP contribution in [-0.4, -0.2) is 49.0 Å². The van der Waals surface area contributed by atoms with E-state index in [0.717, 1.165) is 55.4 Å². The number of benzene rings is 2. The van der Waals surface area contributed by atoms with E-state index in [0.29, 0.717) is 24.3 Å². The first kappa shape index (κ1) is 21.4. The second-order valence-corrected chi connectivity index (χ2v) is 8.44. The smallest absolute Gasteiger partial charge is 0.247 e. The van der Waals surface area contributed by atoms with Crippen LogP contribution in [-0.2, 0) is 6.42 Å². The van der Waals surface area contributed by atoms with Crippen LogP contribution in [0.2, 0.25) is 0 Å². The number of aromatic nitrogens is 2. The van der Waals surface area contributed by atoms with E-state index in [9.17, 15) is 0 Å². The molecule has 0 bridgehead atoms. The Bertz CT molecular complexity index is 925. The van der Waals surface area contributed by atoms with Crippen molar-refractivity contribution in [2.45, 2.75) is 25.7 Å². The monoisotopic (exact) mass is 421 g/mol. The van der Waals surface area contributed by atoms with Crippen molar-refractivity contribution >= 4 is 0 Å². The summed E-state index contributed by atoms with van der Waals surface area (Å²) in [6.45, 7) is 2.48. The van der Waals surface area contributed by atoms with Gasteiger partial charge in [-0.2, -0.15) is 0 Å². The highest BCUT2D eigenvalue weighted by Crippen LogP contribution is 2.43. The molecule has 164 valence electrons. The highest BCUT2D eigenvalue weighted by molar-refractivity contribution is 5.53. The van der Waals surface area contributed by atoms with Gasteiger partial charge in [0.25, 0.3) is 0 Å². The van der Waals surface area contributed by atoms with Crippen LogP contribution in [0, 0.1) is 11.8 Å². The van der Waals surface area contributed by atoms with Crippen LogP contribution in [0.15, 0.2) is 59.0 Å². The summed E-state index contributed by atoms with van der Waals surface area (Å²) < 4.78 is 17.5. The molecule has 6 nitrogen and oxygen atoms in total. The summed E-state index contributed by atoms with van der Waals surface area (Å²) in [6, 6.07) is 17.8. The summed E-state index contributed by atoms with van der Waals surface area (Å²) in [4.78, 5) is 2.15. The molecule has 1 aromatic heterocycles. The number of hydrogen-bond donors (Lipinski definition) is 0. The Morgan fingerprint density at radius 2 is 1.65 bits per heavy atom. The third-order valence-corrected chi connectivity index (χ3v) is 5.59. The van der Waals surface area contributed by atoms with Crippen molar-refractivity contribution in [1.82, 2.24) is 15.1 Å². The number of nitrogens with zero attached hydrogens (tertiary/aromatic N) is 3. The summed E-state index contributed by atoms with van der Waals surface area (Å²) in [6.07, 6.45) is 4.12. The van der Waals surface area contributed by atoms with E-state index in [-0.39, 0.29) is 0 Å². The molecule has 0 N–H and O–H groups in total. The molecule has 0 amide bonds. The van der Waals surface area contributed by atoms with Crippen molar-refractivity contribution in [3.63, 3.8) is 0 Å². The van der Waals surface area contributed by atoms with Gasteiger partial charge in [-0.1, -0.05) is 18.2 Å². The van der Waals surface area contributed by atoms with Gasteiger partial charge in [-0.15, -0.1) is 10.2 Å². The van der Waals surface area contributed by atoms with Crippen LogP contribution in [0.4, 0.5) is 0 Å². The van der Waals surface area contributed by atoms with E-state index in [1.807, 2.05) is 54.6 Å². The molecule has 1 saturated carbocycles.